The van der Waals surface area contributed by atoms with E-state index in [9.17, 15) is 9.59 Å². The second-order valence-electron chi connectivity index (χ2n) is 4.93. The second-order valence-corrected chi connectivity index (χ2v) is 6.93. The van der Waals surface area contributed by atoms with Crippen molar-refractivity contribution in [2.45, 2.75) is 30.6 Å². The van der Waals surface area contributed by atoms with Gasteiger partial charge in [0.1, 0.15) is 0 Å². The number of rotatable bonds is 4. The molecule has 1 aliphatic carbocycles. The van der Waals surface area contributed by atoms with Crippen LogP contribution in [0.25, 0.3) is 0 Å². The van der Waals surface area contributed by atoms with E-state index in [1.165, 1.54) is 6.07 Å². The minimum Gasteiger partial charge on any atom is -0.478 e. The summed E-state index contributed by atoms with van der Waals surface area (Å²) in [5.41, 5.74) is 0.342. The molecule has 0 aromatic heterocycles. The number of thioether (sulfide) groups is 1. The average molecular weight is 373 g/mol. The highest BCUT2D eigenvalue weighted by Gasteiger charge is 2.25. The molecule has 1 fully saturated rings. The molecule has 7 heteroatoms. The number of urea groups is 1. The zero-order valence-electron chi connectivity index (χ0n) is 11.6. The summed E-state index contributed by atoms with van der Waals surface area (Å²) < 4.78 is 0.547. The molecular formula is C14H17BrN2O3S. The summed E-state index contributed by atoms with van der Waals surface area (Å²) in [6.45, 7) is 0. The molecule has 0 radical (unpaired) electrons. The zero-order chi connectivity index (χ0) is 15.4. The first kappa shape index (κ1) is 16.2. The highest BCUT2D eigenvalue weighted by molar-refractivity contribution is 9.10. The maximum absolute atomic E-state index is 12.0. The first-order valence-electron chi connectivity index (χ1n) is 6.63. The molecule has 0 saturated heterocycles. The normalized spacial score (nSPS) is 21.0. The van der Waals surface area contributed by atoms with Crippen LogP contribution in [-0.2, 0) is 0 Å². The highest BCUT2D eigenvalue weighted by atomic mass is 79.9. The van der Waals surface area contributed by atoms with Crippen LogP contribution < -0.4 is 10.6 Å². The van der Waals surface area contributed by atoms with Gasteiger partial charge in [0.05, 0.1) is 11.3 Å². The number of anilines is 1. The third kappa shape index (κ3) is 4.14. The van der Waals surface area contributed by atoms with Crippen molar-refractivity contribution in [3.8, 4) is 0 Å². The molecule has 0 spiro atoms. The molecule has 1 aromatic carbocycles. The van der Waals surface area contributed by atoms with Crippen molar-refractivity contribution in [3.63, 3.8) is 0 Å². The lowest BCUT2D eigenvalue weighted by Gasteiger charge is -2.15. The fourth-order valence-corrected chi connectivity index (χ4v) is 3.71. The van der Waals surface area contributed by atoms with Crippen LogP contribution in [0.2, 0.25) is 0 Å². The SMILES string of the molecule is CSC1CCC(NC(=O)Nc2c(Br)cccc2C(=O)O)C1. The van der Waals surface area contributed by atoms with Gasteiger partial charge in [-0.15, -0.1) is 0 Å². The van der Waals surface area contributed by atoms with Gasteiger partial charge < -0.3 is 15.7 Å². The smallest absolute Gasteiger partial charge is 0.337 e. The van der Waals surface area contributed by atoms with E-state index in [4.69, 9.17) is 5.11 Å². The molecule has 0 heterocycles. The minimum absolute atomic E-state index is 0.0629. The van der Waals surface area contributed by atoms with Crippen molar-refractivity contribution < 1.29 is 14.7 Å². The number of hydrogen-bond acceptors (Lipinski definition) is 3. The fraction of sp³-hybridized carbons (Fsp3) is 0.429. The summed E-state index contributed by atoms with van der Waals surface area (Å²) in [6, 6.07) is 4.56. The minimum atomic E-state index is -1.07. The molecule has 1 aliphatic rings. The number of hydrogen-bond donors (Lipinski definition) is 3. The fourth-order valence-electron chi connectivity index (χ4n) is 2.45. The topological polar surface area (TPSA) is 78.4 Å². The quantitative estimate of drug-likeness (QED) is 0.754. The maximum Gasteiger partial charge on any atom is 0.337 e. The number of carboxylic acid groups (broad SMARTS) is 1. The van der Waals surface area contributed by atoms with Gasteiger partial charge in [0.2, 0.25) is 0 Å². The molecule has 114 valence electrons. The van der Waals surface area contributed by atoms with E-state index >= 15 is 0 Å². The summed E-state index contributed by atoms with van der Waals surface area (Å²) in [4.78, 5) is 23.2. The summed E-state index contributed by atoms with van der Waals surface area (Å²) in [7, 11) is 0. The van der Waals surface area contributed by atoms with Crippen molar-refractivity contribution in [2.24, 2.45) is 0 Å². The largest absolute Gasteiger partial charge is 0.478 e. The van der Waals surface area contributed by atoms with E-state index in [-0.39, 0.29) is 23.3 Å². The lowest BCUT2D eigenvalue weighted by Crippen LogP contribution is -2.37. The van der Waals surface area contributed by atoms with E-state index in [1.54, 1.807) is 12.1 Å². The number of nitrogens with one attached hydrogen (secondary N) is 2. The monoisotopic (exact) mass is 372 g/mol. The van der Waals surface area contributed by atoms with Gasteiger partial charge in [0, 0.05) is 15.8 Å². The van der Waals surface area contributed by atoms with Crippen molar-refractivity contribution >= 4 is 45.4 Å². The van der Waals surface area contributed by atoms with Crippen molar-refractivity contribution in [1.82, 2.24) is 5.32 Å². The van der Waals surface area contributed by atoms with Crippen LogP contribution in [0, 0.1) is 0 Å². The van der Waals surface area contributed by atoms with E-state index in [2.05, 4.69) is 32.8 Å². The van der Waals surface area contributed by atoms with Crippen LogP contribution in [-0.4, -0.2) is 34.7 Å². The maximum atomic E-state index is 12.0. The Bertz CT molecular complexity index is 553. The third-order valence-corrected chi connectivity index (χ3v) is 5.29. The predicted molar refractivity (Wildman–Crippen MR) is 88.2 cm³/mol. The number of benzene rings is 1. The van der Waals surface area contributed by atoms with Crippen LogP contribution in [0.5, 0.6) is 0 Å². The van der Waals surface area contributed by atoms with Crippen LogP contribution in [0.4, 0.5) is 10.5 Å². The first-order valence-corrected chi connectivity index (χ1v) is 8.71. The van der Waals surface area contributed by atoms with Crippen LogP contribution in [0.3, 0.4) is 0 Å². The number of carbonyl (C=O) groups is 2. The molecular weight excluding hydrogens is 356 g/mol. The molecule has 0 aliphatic heterocycles. The van der Waals surface area contributed by atoms with Gasteiger partial charge in [-0.1, -0.05) is 6.07 Å². The summed E-state index contributed by atoms with van der Waals surface area (Å²) in [5, 5.41) is 15.3. The molecule has 2 amide bonds. The standard InChI is InChI=1S/C14H17BrN2O3S/c1-21-9-6-5-8(7-9)16-14(20)17-12-10(13(18)19)3-2-4-11(12)15/h2-4,8-9H,5-7H2,1H3,(H,18,19)(H2,16,17,20). The Morgan fingerprint density at radius 3 is 2.76 bits per heavy atom. The highest BCUT2D eigenvalue weighted by Crippen LogP contribution is 2.29. The zero-order valence-corrected chi connectivity index (χ0v) is 14.0. The lowest BCUT2D eigenvalue weighted by molar-refractivity contribution is 0.0698. The Balaban J connectivity index is 2.02. The average Bonchev–Trinajstić information content (AvgIpc) is 2.88. The van der Waals surface area contributed by atoms with Gasteiger partial charge in [-0.05, 0) is 53.6 Å². The molecule has 1 aromatic rings. The molecule has 2 unspecified atom stereocenters. The number of amides is 2. The summed E-state index contributed by atoms with van der Waals surface area (Å²) in [5.74, 6) is -1.07. The van der Waals surface area contributed by atoms with Gasteiger partial charge in [-0.3, -0.25) is 0 Å². The van der Waals surface area contributed by atoms with Gasteiger partial charge >= 0.3 is 12.0 Å². The Kier molecular flexibility index (Phi) is 5.52. The van der Waals surface area contributed by atoms with E-state index < -0.39 is 5.97 Å². The van der Waals surface area contributed by atoms with Gasteiger partial charge in [-0.25, -0.2) is 9.59 Å². The molecule has 0 bridgehead atoms. The van der Waals surface area contributed by atoms with Gasteiger partial charge in [0.25, 0.3) is 0 Å². The number of carbonyl (C=O) groups excluding carboxylic acids is 1. The van der Waals surface area contributed by atoms with E-state index in [1.807, 2.05) is 11.8 Å². The van der Waals surface area contributed by atoms with Crippen LogP contribution in [0.1, 0.15) is 29.6 Å². The van der Waals surface area contributed by atoms with E-state index in [0.29, 0.717) is 9.72 Å². The molecule has 2 rings (SSSR count). The Morgan fingerprint density at radius 2 is 2.14 bits per heavy atom. The van der Waals surface area contributed by atoms with E-state index in [0.717, 1.165) is 19.3 Å². The van der Waals surface area contributed by atoms with Crippen molar-refractivity contribution in [3.05, 3.63) is 28.2 Å². The Labute approximate surface area is 136 Å². The molecule has 21 heavy (non-hydrogen) atoms. The summed E-state index contributed by atoms with van der Waals surface area (Å²) >= 11 is 5.09. The number of carboxylic acids is 1. The van der Waals surface area contributed by atoms with Crippen LogP contribution >= 0.6 is 27.7 Å². The number of aromatic carboxylic acids is 1. The lowest BCUT2D eigenvalue weighted by atomic mass is 10.2. The van der Waals surface area contributed by atoms with Crippen molar-refractivity contribution in [2.75, 3.05) is 11.6 Å². The van der Waals surface area contributed by atoms with Crippen LogP contribution in [0.15, 0.2) is 22.7 Å². The Hall–Kier alpha value is -1.21. The van der Waals surface area contributed by atoms with Gasteiger partial charge in [0.15, 0.2) is 0 Å². The predicted octanol–water partition coefficient (Wildman–Crippen LogP) is 3.55. The molecule has 2 atom stereocenters. The Morgan fingerprint density at radius 1 is 1.38 bits per heavy atom. The number of halogens is 1. The second kappa shape index (κ2) is 7.17. The number of para-hydroxylation sites is 1. The molecule has 5 nitrogen and oxygen atoms in total. The first-order chi connectivity index (χ1) is 10.0. The molecule has 3 N–H and O–H groups in total. The van der Waals surface area contributed by atoms with Gasteiger partial charge in [-0.2, -0.15) is 11.8 Å². The van der Waals surface area contributed by atoms with Crippen molar-refractivity contribution in [1.29, 1.82) is 0 Å². The summed E-state index contributed by atoms with van der Waals surface area (Å²) in [6.07, 6.45) is 5.09. The third-order valence-electron chi connectivity index (χ3n) is 3.54. The molecule has 1 saturated carbocycles.